The fraction of sp³-hybridized carbons (Fsp3) is 0.435. The lowest BCUT2D eigenvalue weighted by Gasteiger charge is -2.52. The highest BCUT2D eigenvalue weighted by Gasteiger charge is 2.67. The topological polar surface area (TPSA) is 185 Å². The van der Waals surface area contributed by atoms with Crippen molar-refractivity contribution >= 4 is 28.9 Å². The number of anilines is 1. The first kappa shape index (κ1) is 23.7. The van der Waals surface area contributed by atoms with E-state index in [9.17, 15) is 39.9 Å². The zero-order valence-corrected chi connectivity index (χ0v) is 19.1. The van der Waals surface area contributed by atoms with Gasteiger partial charge in [0, 0.05) is 31.3 Å². The molecule has 1 aromatic carbocycles. The van der Waals surface area contributed by atoms with Crippen molar-refractivity contribution in [1.82, 2.24) is 4.90 Å². The van der Waals surface area contributed by atoms with E-state index in [1.807, 2.05) is 0 Å². The zero-order chi connectivity index (χ0) is 25.4. The van der Waals surface area contributed by atoms with Crippen LogP contribution >= 0.6 is 0 Å². The van der Waals surface area contributed by atoms with E-state index in [2.05, 4.69) is 0 Å². The summed E-state index contributed by atoms with van der Waals surface area (Å²) in [5, 5.41) is 55.4. The van der Waals surface area contributed by atoms with Crippen LogP contribution in [0.5, 0.6) is 5.75 Å². The van der Waals surface area contributed by atoms with Gasteiger partial charge in [-0.3, -0.25) is 19.3 Å². The van der Waals surface area contributed by atoms with E-state index >= 15 is 0 Å². The summed E-state index contributed by atoms with van der Waals surface area (Å²) >= 11 is 0. The summed E-state index contributed by atoms with van der Waals surface area (Å²) in [6.07, 6.45) is -1.60. The molecule has 1 unspecified atom stereocenters. The van der Waals surface area contributed by atoms with Crippen molar-refractivity contribution in [2.24, 2.45) is 17.6 Å². The van der Waals surface area contributed by atoms with Gasteiger partial charge in [0.15, 0.2) is 11.4 Å². The minimum absolute atomic E-state index is 0.00236. The number of Topliss-reactive ketones (excluding diaryl/α,β-unsaturated/α-hetero) is 2. The molecular formula is C23H27N3O8. The third kappa shape index (κ3) is 2.84. The SMILES string of the molecule is CN(C)c1ccc(O)c2c1C[C@@H]1C(=C2O)C(=O)[C@]2(O)C(O)=C(C(N)=O)C(=O)[C@@H](N(C)C)[C@@H]2C1O. The third-order valence-electron chi connectivity index (χ3n) is 7.14. The zero-order valence-electron chi connectivity index (χ0n) is 19.1. The minimum atomic E-state index is -2.90. The van der Waals surface area contributed by atoms with Gasteiger partial charge < -0.3 is 36.2 Å². The van der Waals surface area contributed by atoms with E-state index in [-0.39, 0.29) is 17.7 Å². The number of likely N-dealkylation sites (N-methyl/N-ethyl adjacent to an activating group) is 1. The highest BCUT2D eigenvalue weighted by molar-refractivity contribution is 6.24. The number of aliphatic hydroxyl groups excluding tert-OH is 3. The molecule has 11 heteroatoms. The predicted octanol–water partition coefficient (Wildman–Crippen LogP) is -0.999. The molecular weight excluding hydrogens is 446 g/mol. The molecule has 4 rings (SSSR count). The number of benzene rings is 1. The number of fused-ring (bicyclic) bond motifs is 3. The number of nitrogens with two attached hydrogens (primary N) is 1. The molecule has 1 aromatic rings. The van der Waals surface area contributed by atoms with Gasteiger partial charge in [0.2, 0.25) is 5.78 Å². The van der Waals surface area contributed by atoms with Gasteiger partial charge in [-0.1, -0.05) is 0 Å². The number of carbonyl (C=O) groups excluding carboxylic acids is 3. The van der Waals surface area contributed by atoms with Gasteiger partial charge in [-0.15, -0.1) is 0 Å². The number of ketones is 2. The first-order valence-electron chi connectivity index (χ1n) is 10.6. The van der Waals surface area contributed by atoms with Crippen LogP contribution in [0.1, 0.15) is 11.1 Å². The molecule has 1 fully saturated rings. The van der Waals surface area contributed by atoms with Crippen LogP contribution in [0.4, 0.5) is 5.69 Å². The smallest absolute Gasteiger partial charge is 0.255 e. The number of hydrogen-bond donors (Lipinski definition) is 6. The van der Waals surface area contributed by atoms with Crippen LogP contribution in [0.2, 0.25) is 0 Å². The predicted molar refractivity (Wildman–Crippen MR) is 120 cm³/mol. The van der Waals surface area contributed by atoms with Crippen LogP contribution in [0.3, 0.4) is 0 Å². The van der Waals surface area contributed by atoms with E-state index in [0.717, 1.165) is 0 Å². The summed E-state index contributed by atoms with van der Waals surface area (Å²) in [5.41, 5.74) is 2.09. The average molecular weight is 473 g/mol. The maximum atomic E-state index is 13.7. The van der Waals surface area contributed by atoms with Crippen molar-refractivity contribution in [1.29, 1.82) is 0 Å². The van der Waals surface area contributed by atoms with Crippen molar-refractivity contribution < 1.29 is 39.9 Å². The van der Waals surface area contributed by atoms with Crippen LogP contribution in [0.25, 0.3) is 5.76 Å². The number of phenols is 1. The first-order chi connectivity index (χ1) is 15.8. The molecule has 0 aromatic heterocycles. The number of rotatable bonds is 3. The Morgan fingerprint density at radius 2 is 1.74 bits per heavy atom. The lowest BCUT2D eigenvalue weighted by Crippen LogP contribution is -2.70. The molecule has 0 spiro atoms. The highest BCUT2D eigenvalue weighted by atomic mass is 16.4. The normalized spacial score (nSPS) is 30.8. The molecule has 0 heterocycles. The van der Waals surface area contributed by atoms with E-state index in [1.54, 1.807) is 25.1 Å². The van der Waals surface area contributed by atoms with Gasteiger partial charge in [-0.2, -0.15) is 0 Å². The molecule has 0 bridgehead atoms. The van der Waals surface area contributed by atoms with Crippen LogP contribution in [-0.4, -0.2) is 93.8 Å². The molecule has 0 aliphatic heterocycles. The van der Waals surface area contributed by atoms with Crippen molar-refractivity contribution in [3.05, 3.63) is 40.2 Å². The second-order valence-corrected chi connectivity index (χ2v) is 9.40. The molecule has 0 radical (unpaired) electrons. The number of aromatic hydroxyl groups is 1. The summed E-state index contributed by atoms with van der Waals surface area (Å²) in [6, 6.07) is 1.60. The van der Waals surface area contributed by atoms with Crippen LogP contribution in [-0.2, 0) is 20.8 Å². The summed E-state index contributed by atoms with van der Waals surface area (Å²) in [4.78, 5) is 41.9. The molecule has 11 nitrogen and oxygen atoms in total. The maximum Gasteiger partial charge on any atom is 0.255 e. The number of hydrogen-bond acceptors (Lipinski definition) is 10. The highest BCUT2D eigenvalue weighted by Crippen LogP contribution is 2.53. The van der Waals surface area contributed by atoms with E-state index in [1.165, 1.54) is 25.1 Å². The number of phenolic OH excluding ortho intramolecular Hbond substituents is 1. The average Bonchev–Trinajstić information content (AvgIpc) is 2.73. The quantitative estimate of drug-likeness (QED) is 0.298. The molecule has 3 aliphatic rings. The fourth-order valence-corrected chi connectivity index (χ4v) is 5.66. The Kier molecular flexibility index (Phi) is 5.27. The Labute approximate surface area is 195 Å². The molecule has 182 valence electrons. The number of amides is 1. The molecule has 0 saturated heterocycles. The molecule has 7 N–H and O–H groups in total. The van der Waals surface area contributed by atoms with Crippen molar-refractivity contribution in [2.45, 2.75) is 24.2 Å². The van der Waals surface area contributed by atoms with Gasteiger partial charge in [0.1, 0.15) is 22.8 Å². The molecule has 1 amide bonds. The number of primary amides is 1. The van der Waals surface area contributed by atoms with Crippen LogP contribution < -0.4 is 10.6 Å². The minimum Gasteiger partial charge on any atom is -0.508 e. The first-order valence-corrected chi connectivity index (χ1v) is 10.6. The monoisotopic (exact) mass is 473 g/mol. The fourth-order valence-electron chi connectivity index (χ4n) is 5.66. The van der Waals surface area contributed by atoms with Crippen LogP contribution in [0.15, 0.2) is 29.0 Å². The van der Waals surface area contributed by atoms with Crippen LogP contribution in [0, 0.1) is 11.8 Å². The standard InChI is InChI=1S/C23H27N3O8/c1-25(2)10-5-6-11(27)12-8(10)7-9-13(18(12)29)20(31)23(34)15(17(9)28)16(26(3)4)19(30)14(21(23)32)22(24)33/h5-6,9,15-17,27-29,32,34H,7H2,1-4H3,(H2,24,33)/t9-,15-,16+,17?,23+/m1/s1. The largest absolute Gasteiger partial charge is 0.508 e. The summed E-state index contributed by atoms with van der Waals surface area (Å²) in [5.74, 6) is -8.31. The van der Waals surface area contributed by atoms with Crippen molar-refractivity contribution in [2.75, 3.05) is 33.1 Å². The van der Waals surface area contributed by atoms with Gasteiger partial charge in [-0.05, 0) is 38.2 Å². The third-order valence-corrected chi connectivity index (χ3v) is 7.14. The molecule has 3 aliphatic carbocycles. The van der Waals surface area contributed by atoms with E-state index in [0.29, 0.717) is 11.3 Å². The molecule has 34 heavy (non-hydrogen) atoms. The van der Waals surface area contributed by atoms with E-state index < -0.39 is 69.7 Å². The number of nitrogens with zero attached hydrogens (tertiary/aromatic N) is 2. The van der Waals surface area contributed by atoms with Gasteiger partial charge >= 0.3 is 0 Å². The van der Waals surface area contributed by atoms with E-state index in [4.69, 9.17) is 5.73 Å². The van der Waals surface area contributed by atoms with Gasteiger partial charge in [0.25, 0.3) is 5.91 Å². The van der Waals surface area contributed by atoms with Gasteiger partial charge in [0.05, 0.1) is 23.6 Å². The van der Waals surface area contributed by atoms with Crippen molar-refractivity contribution in [3.8, 4) is 5.75 Å². The summed E-state index contributed by atoms with van der Waals surface area (Å²) in [6.45, 7) is 0. The molecule has 1 saturated carbocycles. The maximum absolute atomic E-state index is 13.7. The summed E-state index contributed by atoms with van der Waals surface area (Å²) < 4.78 is 0. The number of carbonyl (C=O) groups is 3. The second-order valence-electron chi connectivity index (χ2n) is 9.40. The number of aliphatic hydroxyl groups is 4. The summed E-state index contributed by atoms with van der Waals surface area (Å²) in [7, 11) is 6.42. The molecule has 5 atom stereocenters. The lowest BCUT2D eigenvalue weighted by molar-refractivity contribution is -0.168. The lowest BCUT2D eigenvalue weighted by atomic mass is 9.56. The van der Waals surface area contributed by atoms with Gasteiger partial charge in [-0.25, -0.2) is 0 Å². The Bertz CT molecular complexity index is 1200. The van der Waals surface area contributed by atoms with Crippen molar-refractivity contribution in [3.63, 3.8) is 0 Å². The Hall–Kier alpha value is -3.41. The Morgan fingerprint density at radius 3 is 2.26 bits per heavy atom. The Morgan fingerprint density at radius 1 is 1.12 bits per heavy atom. The second kappa shape index (κ2) is 7.55. The Balaban J connectivity index is 2.04.